The van der Waals surface area contributed by atoms with E-state index in [-0.39, 0.29) is 19.4 Å². The van der Waals surface area contributed by atoms with Gasteiger partial charge >= 0.3 is 18.1 Å². The summed E-state index contributed by atoms with van der Waals surface area (Å²) in [6, 6.07) is 2.41. The molecule has 0 aliphatic rings. The molecule has 8 heteroatoms. The monoisotopic (exact) mass is 448 g/mol. The lowest BCUT2D eigenvalue weighted by molar-refractivity contribution is -0.168. The summed E-state index contributed by atoms with van der Waals surface area (Å²) in [5, 5.41) is 0. The van der Waals surface area contributed by atoms with Crippen molar-refractivity contribution in [1.82, 2.24) is 0 Å². The smallest absolute Gasteiger partial charge is 0.419 e. The highest BCUT2D eigenvalue weighted by atomic mass is 19.4. The minimum Gasteiger partial charge on any atom is -0.465 e. The van der Waals surface area contributed by atoms with E-state index in [1.807, 2.05) is 0 Å². The summed E-state index contributed by atoms with van der Waals surface area (Å²) in [7, 11) is 0. The van der Waals surface area contributed by atoms with Crippen molar-refractivity contribution in [2.45, 2.75) is 84.7 Å². The van der Waals surface area contributed by atoms with Crippen LogP contribution in [0.25, 0.3) is 0 Å². The van der Waals surface area contributed by atoms with Crippen molar-refractivity contribution in [3.8, 4) is 5.75 Å². The fourth-order valence-electron chi connectivity index (χ4n) is 3.28. The molecule has 1 aromatic rings. The fraction of sp³-hybridized carbons (Fsp3) is 0.652. The summed E-state index contributed by atoms with van der Waals surface area (Å²) in [5.74, 6) is -4.49. The molecule has 0 unspecified atom stereocenters. The first-order valence-electron chi connectivity index (χ1n) is 10.9. The molecule has 0 aromatic heterocycles. The number of alkyl halides is 3. The first-order valence-corrected chi connectivity index (χ1v) is 10.9. The summed E-state index contributed by atoms with van der Waals surface area (Å²) in [6.07, 6.45) is 2.30. The van der Waals surface area contributed by atoms with Crippen LogP contribution in [0.3, 0.4) is 0 Å². The maximum absolute atomic E-state index is 14.2. The van der Waals surface area contributed by atoms with Crippen LogP contribution in [-0.2, 0) is 20.5 Å². The largest absolute Gasteiger partial charge is 0.465 e. The molecule has 0 aliphatic carbocycles. The van der Waals surface area contributed by atoms with Crippen LogP contribution in [0.1, 0.15) is 84.1 Å². The first-order chi connectivity index (χ1) is 14.6. The van der Waals surface area contributed by atoms with Gasteiger partial charge in [0.15, 0.2) is 17.0 Å². The van der Waals surface area contributed by atoms with Gasteiger partial charge in [-0.05, 0) is 31.4 Å². The van der Waals surface area contributed by atoms with E-state index < -0.39 is 40.7 Å². The zero-order valence-electron chi connectivity index (χ0n) is 18.4. The SMILES string of the molecule is CCCCCCCCCOC(=O)C(CC)(CC)C(=O)Oc1cccc(C(F)(F)F)c1F. The zero-order valence-corrected chi connectivity index (χ0v) is 18.4. The van der Waals surface area contributed by atoms with Crippen molar-refractivity contribution in [3.05, 3.63) is 29.6 Å². The van der Waals surface area contributed by atoms with Crippen LogP contribution in [0, 0.1) is 11.2 Å². The number of hydrogen-bond donors (Lipinski definition) is 0. The number of carbonyl (C=O) groups is 2. The van der Waals surface area contributed by atoms with E-state index in [9.17, 15) is 27.2 Å². The summed E-state index contributed by atoms with van der Waals surface area (Å²) in [4.78, 5) is 25.4. The third-order valence-electron chi connectivity index (χ3n) is 5.44. The molecule has 0 spiro atoms. The molecule has 31 heavy (non-hydrogen) atoms. The van der Waals surface area contributed by atoms with Crippen LogP contribution in [0.2, 0.25) is 0 Å². The van der Waals surface area contributed by atoms with E-state index in [1.54, 1.807) is 13.8 Å². The van der Waals surface area contributed by atoms with Crippen LogP contribution in [0.15, 0.2) is 18.2 Å². The van der Waals surface area contributed by atoms with Crippen molar-refractivity contribution >= 4 is 11.9 Å². The minimum atomic E-state index is -4.94. The summed E-state index contributed by atoms with van der Waals surface area (Å²) < 4.78 is 63.1. The van der Waals surface area contributed by atoms with Gasteiger partial charge in [-0.3, -0.25) is 9.59 Å². The second-order valence-electron chi connectivity index (χ2n) is 7.55. The van der Waals surface area contributed by atoms with Gasteiger partial charge in [0.25, 0.3) is 0 Å². The molecule has 0 bridgehead atoms. The third-order valence-corrected chi connectivity index (χ3v) is 5.44. The Balaban J connectivity index is 2.76. The van der Waals surface area contributed by atoms with Crippen LogP contribution in [0.5, 0.6) is 5.75 Å². The molecule has 176 valence electrons. The number of rotatable bonds is 13. The molecule has 0 saturated carbocycles. The Labute approximate surface area is 181 Å². The van der Waals surface area contributed by atoms with Gasteiger partial charge in [0, 0.05) is 0 Å². The van der Waals surface area contributed by atoms with E-state index in [0.717, 1.165) is 37.8 Å². The highest BCUT2D eigenvalue weighted by Crippen LogP contribution is 2.36. The lowest BCUT2D eigenvalue weighted by atomic mass is 9.82. The molecule has 4 nitrogen and oxygen atoms in total. The Morgan fingerprint density at radius 2 is 1.45 bits per heavy atom. The summed E-state index contributed by atoms with van der Waals surface area (Å²) >= 11 is 0. The van der Waals surface area contributed by atoms with E-state index in [1.165, 1.54) is 12.8 Å². The Morgan fingerprint density at radius 1 is 0.871 bits per heavy atom. The minimum absolute atomic E-state index is 0.0127. The summed E-state index contributed by atoms with van der Waals surface area (Å²) in [6.45, 7) is 5.42. The Bertz CT molecular complexity index is 712. The Morgan fingerprint density at radius 3 is 2.00 bits per heavy atom. The molecule has 0 radical (unpaired) electrons. The molecule has 0 amide bonds. The number of benzene rings is 1. The number of carbonyl (C=O) groups excluding carboxylic acids is 2. The lowest BCUT2D eigenvalue weighted by Gasteiger charge is -2.27. The molecule has 0 fully saturated rings. The normalized spacial score (nSPS) is 12.0. The maximum Gasteiger partial charge on any atom is 0.419 e. The van der Waals surface area contributed by atoms with Gasteiger partial charge in [-0.2, -0.15) is 13.2 Å². The molecule has 0 saturated heterocycles. The standard InChI is InChI=1S/C23H32F4O4/c1-4-7-8-9-10-11-12-16-30-20(28)22(5-2,6-3)21(29)31-18-15-13-14-17(19(18)24)23(25,26)27/h13-15H,4-12,16H2,1-3H3. The van der Waals surface area contributed by atoms with Gasteiger partial charge < -0.3 is 9.47 Å². The van der Waals surface area contributed by atoms with Crippen LogP contribution in [0.4, 0.5) is 17.6 Å². The predicted octanol–water partition coefficient (Wildman–Crippen LogP) is 6.85. The number of esters is 2. The van der Waals surface area contributed by atoms with Crippen molar-refractivity contribution in [1.29, 1.82) is 0 Å². The molecular formula is C23H32F4O4. The van der Waals surface area contributed by atoms with Crippen molar-refractivity contribution in [3.63, 3.8) is 0 Å². The number of halogens is 4. The molecular weight excluding hydrogens is 416 g/mol. The molecule has 1 aromatic carbocycles. The molecule has 0 atom stereocenters. The van der Waals surface area contributed by atoms with Gasteiger partial charge in [-0.15, -0.1) is 0 Å². The molecule has 0 N–H and O–H groups in total. The predicted molar refractivity (Wildman–Crippen MR) is 109 cm³/mol. The van der Waals surface area contributed by atoms with Crippen molar-refractivity contribution in [2.75, 3.05) is 6.61 Å². The fourth-order valence-corrected chi connectivity index (χ4v) is 3.28. The van der Waals surface area contributed by atoms with E-state index in [0.29, 0.717) is 12.5 Å². The van der Waals surface area contributed by atoms with Crippen LogP contribution in [-0.4, -0.2) is 18.5 Å². The van der Waals surface area contributed by atoms with E-state index >= 15 is 0 Å². The average Bonchev–Trinajstić information content (AvgIpc) is 2.72. The lowest BCUT2D eigenvalue weighted by Crippen LogP contribution is -2.42. The number of ether oxygens (including phenoxy) is 2. The molecule has 0 heterocycles. The Kier molecular flexibility index (Phi) is 11.0. The topological polar surface area (TPSA) is 52.6 Å². The number of hydrogen-bond acceptors (Lipinski definition) is 4. The first kappa shape index (κ1) is 26.9. The van der Waals surface area contributed by atoms with Gasteiger partial charge in [0.2, 0.25) is 0 Å². The third kappa shape index (κ3) is 7.51. The van der Waals surface area contributed by atoms with Crippen molar-refractivity contribution < 1.29 is 36.6 Å². The van der Waals surface area contributed by atoms with E-state index in [2.05, 4.69) is 6.92 Å². The second-order valence-corrected chi connectivity index (χ2v) is 7.55. The van der Waals surface area contributed by atoms with Gasteiger partial charge in [0.05, 0.1) is 12.2 Å². The average molecular weight is 448 g/mol. The van der Waals surface area contributed by atoms with Crippen LogP contribution < -0.4 is 4.74 Å². The number of unbranched alkanes of at least 4 members (excludes halogenated alkanes) is 6. The van der Waals surface area contributed by atoms with Gasteiger partial charge in [-0.1, -0.05) is 65.4 Å². The quantitative estimate of drug-likeness (QED) is 0.109. The van der Waals surface area contributed by atoms with Crippen molar-refractivity contribution in [2.24, 2.45) is 5.41 Å². The van der Waals surface area contributed by atoms with Gasteiger partial charge in [-0.25, -0.2) is 4.39 Å². The molecule has 0 aliphatic heterocycles. The maximum atomic E-state index is 14.2. The molecule has 1 rings (SSSR count). The van der Waals surface area contributed by atoms with Gasteiger partial charge in [0.1, 0.15) is 0 Å². The van der Waals surface area contributed by atoms with Crippen LogP contribution >= 0.6 is 0 Å². The highest BCUT2D eigenvalue weighted by molar-refractivity contribution is 6.00. The Hall–Kier alpha value is -2.12. The van der Waals surface area contributed by atoms with E-state index in [4.69, 9.17) is 9.47 Å². The summed E-state index contributed by atoms with van der Waals surface area (Å²) in [5.41, 5.74) is -3.25. The zero-order chi connectivity index (χ0) is 23.5. The second kappa shape index (κ2) is 12.7. The highest BCUT2D eigenvalue weighted by Gasteiger charge is 2.47.